The standard InChI is InChI=1S/C20H31ClN4O2/c1-14(2)11-15-12-18(24-23-15)20(26)22-13-19(25-7-9-27-10-8-25)16-5-3-4-6-17(16)21/h3-6,14-15,18-19,23-24H,7-13H2,1-2H3,(H,22,26). The second kappa shape index (κ2) is 9.85. The predicted molar refractivity (Wildman–Crippen MR) is 108 cm³/mol. The molecule has 1 aromatic rings. The first-order valence-electron chi connectivity index (χ1n) is 9.89. The van der Waals surface area contributed by atoms with Gasteiger partial charge in [0, 0.05) is 30.7 Å². The molecule has 0 radical (unpaired) electrons. The molecule has 3 atom stereocenters. The second-order valence-electron chi connectivity index (χ2n) is 7.83. The molecule has 2 saturated heterocycles. The number of carbonyl (C=O) groups excluding carboxylic acids is 1. The molecule has 2 aliphatic heterocycles. The summed E-state index contributed by atoms with van der Waals surface area (Å²) in [4.78, 5) is 15.0. The molecule has 0 aromatic heterocycles. The number of hydrazine groups is 1. The van der Waals surface area contributed by atoms with Gasteiger partial charge in [-0.1, -0.05) is 43.6 Å². The Bertz CT molecular complexity index is 622. The molecular weight excluding hydrogens is 364 g/mol. The van der Waals surface area contributed by atoms with Crippen LogP contribution in [0.15, 0.2) is 24.3 Å². The molecule has 6 nitrogen and oxygen atoms in total. The normalized spacial score (nSPS) is 24.9. The molecule has 2 fully saturated rings. The Labute approximate surface area is 166 Å². The van der Waals surface area contributed by atoms with E-state index in [2.05, 4.69) is 34.9 Å². The molecule has 1 aromatic carbocycles. The fourth-order valence-electron chi connectivity index (χ4n) is 3.91. The lowest BCUT2D eigenvalue weighted by Crippen LogP contribution is -2.48. The molecular formula is C20H31ClN4O2. The highest BCUT2D eigenvalue weighted by Crippen LogP contribution is 2.28. The summed E-state index contributed by atoms with van der Waals surface area (Å²) >= 11 is 6.46. The Hall–Kier alpha value is -1.18. The van der Waals surface area contributed by atoms with E-state index in [1.165, 1.54) is 0 Å². The summed E-state index contributed by atoms with van der Waals surface area (Å²) in [5.74, 6) is 0.649. The predicted octanol–water partition coefficient (Wildman–Crippen LogP) is 2.11. The van der Waals surface area contributed by atoms with Crippen molar-refractivity contribution in [2.75, 3.05) is 32.8 Å². The zero-order chi connectivity index (χ0) is 19.2. The lowest BCUT2D eigenvalue weighted by atomic mass is 9.99. The van der Waals surface area contributed by atoms with E-state index in [0.29, 0.717) is 31.7 Å². The molecule has 3 N–H and O–H groups in total. The highest BCUT2D eigenvalue weighted by atomic mass is 35.5. The molecule has 2 aliphatic rings. The maximum atomic E-state index is 12.7. The summed E-state index contributed by atoms with van der Waals surface area (Å²) in [6.07, 6.45) is 1.88. The van der Waals surface area contributed by atoms with Crippen LogP contribution in [-0.4, -0.2) is 55.7 Å². The molecule has 0 bridgehead atoms. The van der Waals surface area contributed by atoms with E-state index in [-0.39, 0.29) is 18.0 Å². The molecule has 7 heteroatoms. The van der Waals surface area contributed by atoms with E-state index in [1.54, 1.807) is 0 Å². The molecule has 0 spiro atoms. The lowest BCUT2D eigenvalue weighted by Gasteiger charge is -2.35. The van der Waals surface area contributed by atoms with E-state index >= 15 is 0 Å². The number of morpholine rings is 1. The van der Waals surface area contributed by atoms with Crippen molar-refractivity contribution < 1.29 is 9.53 Å². The van der Waals surface area contributed by atoms with Crippen molar-refractivity contribution >= 4 is 17.5 Å². The number of hydrogen-bond acceptors (Lipinski definition) is 5. The van der Waals surface area contributed by atoms with Gasteiger partial charge in [-0.3, -0.25) is 15.1 Å². The van der Waals surface area contributed by atoms with E-state index in [1.807, 2.05) is 24.3 Å². The van der Waals surface area contributed by atoms with Crippen LogP contribution >= 0.6 is 11.6 Å². The Morgan fingerprint density at radius 2 is 2.04 bits per heavy atom. The highest BCUT2D eigenvalue weighted by molar-refractivity contribution is 6.31. The fraction of sp³-hybridized carbons (Fsp3) is 0.650. The van der Waals surface area contributed by atoms with Crippen LogP contribution in [0.25, 0.3) is 0 Å². The van der Waals surface area contributed by atoms with Gasteiger partial charge in [-0.05, 0) is 30.4 Å². The number of ether oxygens (including phenoxy) is 1. The number of hydrogen-bond donors (Lipinski definition) is 3. The third kappa shape index (κ3) is 5.65. The number of benzene rings is 1. The zero-order valence-corrected chi connectivity index (χ0v) is 17.0. The van der Waals surface area contributed by atoms with E-state index in [9.17, 15) is 4.79 Å². The molecule has 3 rings (SSSR count). The second-order valence-corrected chi connectivity index (χ2v) is 8.24. The van der Waals surface area contributed by atoms with Crippen molar-refractivity contribution in [1.82, 2.24) is 21.1 Å². The van der Waals surface area contributed by atoms with Crippen LogP contribution in [0.4, 0.5) is 0 Å². The molecule has 27 heavy (non-hydrogen) atoms. The van der Waals surface area contributed by atoms with Gasteiger partial charge in [0.05, 0.1) is 19.3 Å². The van der Waals surface area contributed by atoms with Crippen LogP contribution in [0.2, 0.25) is 5.02 Å². The summed E-state index contributed by atoms with van der Waals surface area (Å²) in [7, 11) is 0. The zero-order valence-electron chi connectivity index (χ0n) is 16.2. The summed E-state index contributed by atoms with van der Waals surface area (Å²) in [5, 5.41) is 3.88. The average Bonchev–Trinajstić information content (AvgIpc) is 3.12. The molecule has 0 saturated carbocycles. The number of carbonyl (C=O) groups is 1. The smallest absolute Gasteiger partial charge is 0.238 e. The third-order valence-electron chi connectivity index (χ3n) is 5.27. The molecule has 3 unspecified atom stereocenters. The molecule has 150 valence electrons. The monoisotopic (exact) mass is 394 g/mol. The largest absolute Gasteiger partial charge is 0.379 e. The number of rotatable bonds is 7. The first kappa shape index (κ1) is 20.6. The van der Waals surface area contributed by atoms with Crippen molar-refractivity contribution in [2.24, 2.45) is 5.92 Å². The number of amides is 1. The first-order valence-corrected chi connectivity index (χ1v) is 10.3. The minimum Gasteiger partial charge on any atom is -0.379 e. The number of halogens is 1. The number of nitrogens with zero attached hydrogens (tertiary/aromatic N) is 1. The van der Waals surface area contributed by atoms with Crippen molar-refractivity contribution in [2.45, 2.75) is 44.8 Å². The third-order valence-corrected chi connectivity index (χ3v) is 5.62. The topological polar surface area (TPSA) is 65.6 Å². The van der Waals surface area contributed by atoms with Crippen molar-refractivity contribution in [3.63, 3.8) is 0 Å². The minimum atomic E-state index is -0.190. The van der Waals surface area contributed by atoms with Crippen LogP contribution in [0, 0.1) is 5.92 Å². The van der Waals surface area contributed by atoms with Crippen molar-refractivity contribution in [3.05, 3.63) is 34.9 Å². The van der Waals surface area contributed by atoms with E-state index < -0.39 is 0 Å². The first-order chi connectivity index (χ1) is 13.0. The number of nitrogens with one attached hydrogen (secondary N) is 3. The maximum absolute atomic E-state index is 12.7. The van der Waals surface area contributed by atoms with Gasteiger partial charge in [0.25, 0.3) is 0 Å². The van der Waals surface area contributed by atoms with Gasteiger partial charge >= 0.3 is 0 Å². The van der Waals surface area contributed by atoms with Gasteiger partial charge in [-0.2, -0.15) is 0 Å². The Morgan fingerprint density at radius 3 is 2.74 bits per heavy atom. The van der Waals surface area contributed by atoms with Crippen LogP contribution in [0.3, 0.4) is 0 Å². The molecule has 2 heterocycles. The SMILES string of the molecule is CC(C)CC1CC(C(=O)NCC(c2ccccc2Cl)N2CCOCC2)NN1. The van der Waals surface area contributed by atoms with Crippen LogP contribution in [0.1, 0.15) is 38.3 Å². The van der Waals surface area contributed by atoms with E-state index in [4.69, 9.17) is 16.3 Å². The van der Waals surface area contributed by atoms with Gasteiger partial charge < -0.3 is 10.1 Å². The van der Waals surface area contributed by atoms with Gasteiger partial charge in [-0.25, -0.2) is 5.43 Å². The van der Waals surface area contributed by atoms with Gasteiger partial charge in [0.1, 0.15) is 6.04 Å². The molecule has 1 amide bonds. The van der Waals surface area contributed by atoms with Gasteiger partial charge in [0.15, 0.2) is 0 Å². The van der Waals surface area contributed by atoms with E-state index in [0.717, 1.165) is 36.5 Å². The van der Waals surface area contributed by atoms with Crippen LogP contribution in [0.5, 0.6) is 0 Å². The summed E-state index contributed by atoms with van der Waals surface area (Å²) in [6, 6.07) is 8.09. The summed E-state index contributed by atoms with van der Waals surface area (Å²) in [5.41, 5.74) is 7.45. The Kier molecular flexibility index (Phi) is 7.49. The Morgan fingerprint density at radius 1 is 1.30 bits per heavy atom. The van der Waals surface area contributed by atoms with Crippen LogP contribution in [-0.2, 0) is 9.53 Å². The highest BCUT2D eigenvalue weighted by Gasteiger charge is 2.31. The minimum absolute atomic E-state index is 0.0408. The average molecular weight is 395 g/mol. The maximum Gasteiger partial charge on any atom is 0.238 e. The fourth-order valence-corrected chi connectivity index (χ4v) is 4.17. The summed E-state index contributed by atoms with van der Waals surface area (Å²) in [6.45, 7) is 8.03. The van der Waals surface area contributed by atoms with Crippen LogP contribution < -0.4 is 16.2 Å². The quantitative estimate of drug-likeness (QED) is 0.661. The lowest BCUT2D eigenvalue weighted by molar-refractivity contribution is -0.123. The summed E-state index contributed by atoms with van der Waals surface area (Å²) < 4.78 is 5.49. The van der Waals surface area contributed by atoms with Crippen molar-refractivity contribution in [1.29, 1.82) is 0 Å². The Balaban J connectivity index is 1.61. The van der Waals surface area contributed by atoms with Crippen molar-refractivity contribution in [3.8, 4) is 0 Å². The molecule has 0 aliphatic carbocycles. The van der Waals surface area contributed by atoms with Gasteiger partial charge in [0.2, 0.25) is 5.91 Å². The van der Waals surface area contributed by atoms with Gasteiger partial charge in [-0.15, -0.1) is 0 Å².